The van der Waals surface area contributed by atoms with Crippen molar-refractivity contribution in [3.05, 3.63) is 70.4 Å². The first kappa shape index (κ1) is 21.1. The van der Waals surface area contributed by atoms with Gasteiger partial charge in [0.05, 0.1) is 11.4 Å². The highest BCUT2D eigenvalue weighted by Crippen LogP contribution is 2.24. The lowest BCUT2D eigenvalue weighted by Gasteiger charge is -2.13. The Morgan fingerprint density at radius 2 is 1.73 bits per heavy atom. The molecule has 0 unspecified atom stereocenters. The molecule has 8 heteroatoms. The molecule has 0 saturated heterocycles. The number of carbonyl (C=O) groups excluding carboxylic acids is 1. The first-order valence-corrected chi connectivity index (χ1v) is 11.4. The summed E-state index contributed by atoms with van der Waals surface area (Å²) in [7, 11) is 0. The van der Waals surface area contributed by atoms with Gasteiger partial charge in [-0.2, -0.15) is 5.10 Å². The van der Waals surface area contributed by atoms with Crippen LogP contribution in [0.25, 0.3) is 22.2 Å². The highest BCUT2D eigenvalue weighted by atomic mass is 16.2. The zero-order valence-corrected chi connectivity index (χ0v) is 18.8. The fourth-order valence-corrected chi connectivity index (χ4v) is 4.32. The van der Waals surface area contributed by atoms with Gasteiger partial charge in [-0.05, 0) is 57.0 Å². The van der Waals surface area contributed by atoms with Crippen molar-refractivity contribution in [1.82, 2.24) is 24.5 Å². The number of nitrogens with one attached hydrogen (secondary N) is 1. The Balaban J connectivity index is 1.44. The van der Waals surface area contributed by atoms with Crippen LogP contribution >= 0.6 is 0 Å². The molecule has 4 aromatic rings. The van der Waals surface area contributed by atoms with Crippen LogP contribution in [0.2, 0.25) is 0 Å². The lowest BCUT2D eigenvalue weighted by atomic mass is 10.1. The second kappa shape index (κ2) is 8.61. The molecule has 1 amide bonds. The molecule has 0 radical (unpaired) electrons. The van der Waals surface area contributed by atoms with Crippen molar-refractivity contribution in [2.45, 2.75) is 52.1 Å². The minimum atomic E-state index is -0.357. The van der Waals surface area contributed by atoms with Crippen molar-refractivity contribution < 1.29 is 4.79 Å². The zero-order chi connectivity index (χ0) is 22.9. The minimum absolute atomic E-state index is 0.161. The fraction of sp³-hybridized carbons (Fsp3) is 0.320. The van der Waals surface area contributed by atoms with Gasteiger partial charge in [-0.1, -0.05) is 24.6 Å². The fourth-order valence-electron chi connectivity index (χ4n) is 4.32. The van der Waals surface area contributed by atoms with Gasteiger partial charge in [-0.3, -0.25) is 9.59 Å². The number of amides is 1. The summed E-state index contributed by atoms with van der Waals surface area (Å²) in [6.45, 7) is 4.67. The van der Waals surface area contributed by atoms with Crippen molar-refractivity contribution in [2.75, 3.05) is 5.32 Å². The zero-order valence-electron chi connectivity index (χ0n) is 18.8. The summed E-state index contributed by atoms with van der Waals surface area (Å²) < 4.78 is 3.56. The van der Waals surface area contributed by atoms with Gasteiger partial charge in [0.2, 0.25) is 0 Å². The summed E-state index contributed by atoms with van der Waals surface area (Å²) in [5.41, 5.74) is 1.64. The second-order valence-electron chi connectivity index (χ2n) is 8.67. The molecular weight excluding hydrogens is 416 g/mol. The largest absolute Gasteiger partial charge is 0.321 e. The smallest absolute Gasteiger partial charge is 0.276 e. The van der Waals surface area contributed by atoms with Crippen LogP contribution in [0.3, 0.4) is 0 Å². The van der Waals surface area contributed by atoms with Crippen LogP contribution in [0.1, 0.15) is 55.5 Å². The van der Waals surface area contributed by atoms with E-state index in [2.05, 4.69) is 25.2 Å². The van der Waals surface area contributed by atoms with E-state index >= 15 is 0 Å². The summed E-state index contributed by atoms with van der Waals surface area (Å²) in [4.78, 5) is 25.9. The Bertz CT molecular complexity index is 1380. The third-order valence-corrected chi connectivity index (χ3v) is 6.04. The molecule has 0 bridgehead atoms. The highest BCUT2D eigenvalue weighted by Gasteiger charge is 2.19. The van der Waals surface area contributed by atoms with Gasteiger partial charge in [-0.15, -0.1) is 10.2 Å². The first-order chi connectivity index (χ1) is 16.0. The molecule has 168 valence electrons. The lowest BCUT2D eigenvalue weighted by Crippen LogP contribution is -2.28. The van der Waals surface area contributed by atoms with Gasteiger partial charge in [0.25, 0.3) is 11.5 Å². The molecular formula is C25H26N6O2. The maximum Gasteiger partial charge on any atom is 0.276 e. The van der Waals surface area contributed by atoms with E-state index in [-0.39, 0.29) is 23.2 Å². The van der Waals surface area contributed by atoms with E-state index in [1.165, 1.54) is 11.1 Å². The molecule has 2 aromatic carbocycles. The molecule has 0 saturated carbocycles. The van der Waals surface area contributed by atoms with E-state index in [1.54, 1.807) is 24.3 Å². The van der Waals surface area contributed by atoms with Crippen LogP contribution in [0, 0.1) is 0 Å². The summed E-state index contributed by atoms with van der Waals surface area (Å²) in [6.07, 6.45) is 4.45. The third-order valence-electron chi connectivity index (χ3n) is 6.04. The minimum Gasteiger partial charge on any atom is -0.321 e. The van der Waals surface area contributed by atoms with Crippen LogP contribution in [0.15, 0.2) is 53.3 Å². The third kappa shape index (κ3) is 3.92. The maximum atomic E-state index is 13.1. The van der Waals surface area contributed by atoms with Crippen LogP contribution in [0.5, 0.6) is 0 Å². The second-order valence-corrected chi connectivity index (χ2v) is 8.67. The van der Waals surface area contributed by atoms with Crippen LogP contribution in [0.4, 0.5) is 5.69 Å². The number of hydrogen-bond acceptors (Lipinski definition) is 5. The molecule has 1 aliphatic rings. The van der Waals surface area contributed by atoms with E-state index in [4.69, 9.17) is 0 Å². The van der Waals surface area contributed by atoms with E-state index in [9.17, 15) is 9.59 Å². The molecule has 5 rings (SSSR count). The van der Waals surface area contributed by atoms with Gasteiger partial charge in [-0.25, -0.2) is 4.68 Å². The number of rotatable bonds is 4. The van der Waals surface area contributed by atoms with Crippen molar-refractivity contribution in [1.29, 1.82) is 0 Å². The first-order valence-electron chi connectivity index (χ1n) is 11.4. The van der Waals surface area contributed by atoms with Crippen molar-refractivity contribution >= 4 is 22.4 Å². The molecule has 1 aliphatic heterocycles. The SMILES string of the molecule is CC(C)n1nc(C(=O)Nc2ccc(-c3nnc4n3CCCCC4)cc2)c2ccccc2c1=O. The number of aromatic nitrogens is 5. The normalized spacial score (nSPS) is 13.7. The van der Waals surface area contributed by atoms with Crippen molar-refractivity contribution in [3.63, 3.8) is 0 Å². The Morgan fingerprint density at radius 3 is 2.48 bits per heavy atom. The maximum absolute atomic E-state index is 13.1. The number of benzene rings is 2. The predicted octanol–water partition coefficient (Wildman–Crippen LogP) is 4.21. The number of carbonyl (C=O) groups is 1. The quantitative estimate of drug-likeness (QED) is 0.511. The highest BCUT2D eigenvalue weighted by molar-refractivity contribution is 6.11. The van der Waals surface area contributed by atoms with Crippen molar-refractivity contribution in [3.8, 4) is 11.4 Å². The van der Waals surface area contributed by atoms with Gasteiger partial charge in [0.1, 0.15) is 5.82 Å². The molecule has 0 aliphatic carbocycles. The molecule has 0 spiro atoms. The average molecular weight is 443 g/mol. The van der Waals surface area contributed by atoms with Gasteiger partial charge >= 0.3 is 0 Å². The van der Waals surface area contributed by atoms with E-state index in [1.807, 2.05) is 38.1 Å². The molecule has 3 heterocycles. The molecule has 1 N–H and O–H groups in total. The summed E-state index contributed by atoms with van der Waals surface area (Å²) in [6, 6.07) is 14.5. The molecule has 2 aromatic heterocycles. The topological polar surface area (TPSA) is 94.7 Å². The number of fused-ring (bicyclic) bond motifs is 2. The summed E-state index contributed by atoms with van der Waals surface area (Å²) in [5, 5.41) is 17.1. The molecule has 33 heavy (non-hydrogen) atoms. The lowest BCUT2D eigenvalue weighted by molar-refractivity contribution is 0.102. The van der Waals surface area contributed by atoms with Crippen LogP contribution in [-0.2, 0) is 13.0 Å². The van der Waals surface area contributed by atoms with E-state index in [0.717, 1.165) is 43.0 Å². The number of hydrogen-bond donors (Lipinski definition) is 1. The Kier molecular flexibility index (Phi) is 5.50. The molecule has 0 fully saturated rings. The molecule has 0 atom stereocenters. The Hall–Kier alpha value is -3.81. The van der Waals surface area contributed by atoms with Gasteiger partial charge < -0.3 is 9.88 Å². The van der Waals surface area contributed by atoms with Crippen LogP contribution in [-0.4, -0.2) is 30.5 Å². The van der Waals surface area contributed by atoms with E-state index in [0.29, 0.717) is 16.5 Å². The molecule has 8 nitrogen and oxygen atoms in total. The Labute approximate surface area is 191 Å². The predicted molar refractivity (Wildman–Crippen MR) is 127 cm³/mol. The standard InChI is InChI=1S/C25H26N6O2/c1-16(2)31-25(33)20-9-6-5-8-19(20)22(29-31)24(32)26-18-13-11-17(12-14-18)23-28-27-21-10-4-3-7-15-30(21)23/h5-6,8-9,11-14,16H,3-4,7,10,15H2,1-2H3,(H,26,32). The number of aryl methyl sites for hydroxylation is 1. The number of anilines is 1. The van der Waals surface area contributed by atoms with Gasteiger partial charge in [0.15, 0.2) is 11.5 Å². The van der Waals surface area contributed by atoms with Gasteiger partial charge in [0, 0.05) is 29.6 Å². The number of nitrogens with zero attached hydrogens (tertiary/aromatic N) is 5. The summed E-state index contributed by atoms with van der Waals surface area (Å²) >= 11 is 0. The van der Waals surface area contributed by atoms with Crippen molar-refractivity contribution in [2.24, 2.45) is 0 Å². The Morgan fingerprint density at radius 1 is 0.970 bits per heavy atom. The summed E-state index contributed by atoms with van der Waals surface area (Å²) in [5.74, 6) is 1.55. The van der Waals surface area contributed by atoms with E-state index < -0.39 is 0 Å². The van der Waals surface area contributed by atoms with Crippen LogP contribution < -0.4 is 10.9 Å². The average Bonchev–Trinajstić information content (AvgIpc) is 3.07. The monoisotopic (exact) mass is 442 g/mol.